The van der Waals surface area contributed by atoms with E-state index in [4.69, 9.17) is 0 Å². The molecule has 0 saturated carbocycles. The summed E-state index contributed by atoms with van der Waals surface area (Å²) in [5.41, 5.74) is 0.318. The Bertz CT molecular complexity index is 694. The molecule has 8 heteroatoms. The van der Waals surface area contributed by atoms with Crippen LogP contribution in [0.3, 0.4) is 0 Å². The molecule has 1 atom stereocenters. The van der Waals surface area contributed by atoms with Gasteiger partial charge in [-0.2, -0.15) is 0 Å². The van der Waals surface area contributed by atoms with Crippen LogP contribution < -0.4 is 10.6 Å². The van der Waals surface area contributed by atoms with Crippen molar-refractivity contribution in [1.82, 2.24) is 5.32 Å². The van der Waals surface area contributed by atoms with Crippen LogP contribution in [0.2, 0.25) is 0 Å². The number of rotatable bonds is 6. The molecular weight excluding hydrogens is 336 g/mol. The second-order valence-electron chi connectivity index (χ2n) is 4.68. The van der Waals surface area contributed by atoms with Crippen molar-refractivity contribution in [3.63, 3.8) is 0 Å². The highest BCUT2D eigenvalue weighted by Gasteiger charge is 2.20. The van der Waals surface area contributed by atoms with Gasteiger partial charge in [-0.25, -0.2) is 4.79 Å². The van der Waals surface area contributed by atoms with Crippen LogP contribution in [0.4, 0.5) is 5.00 Å². The van der Waals surface area contributed by atoms with Crippen molar-refractivity contribution >= 4 is 45.5 Å². The van der Waals surface area contributed by atoms with Gasteiger partial charge < -0.3 is 15.4 Å². The summed E-state index contributed by atoms with van der Waals surface area (Å²) >= 11 is 2.71. The monoisotopic (exact) mass is 352 g/mol. The zero-order chi connectivity index (χ0) is 16.8. The second-order valence-corrected chi connectivity index (χ2v) is 6.57. The Hall–Kier alpha value is -2.19. The molecule has 0 bridgehead atoms. The van der Waals surface area contributed by atoms with Crippen molar-refractivity contribution in [2.24, 2.45) is 0 Å². The van der Waals surface area contributed by atoms with E-state index < -0.39 is 12.0 Å². The number of carbonyl (C=O) groups excluding carboxylic acids is 3. The van der Waals surface area contributed by atoms with Crippen molar-refractivity contribution in [3.8, 4) is 0 Å². The minimum absolute atomic E-state index is 0.0820. The first-order valence-electron chi connectivity index (χ1n) is 6.77. The molecule has 2 aromatic rings. The van der Waals surface area contributed by atoms with E-state index in [1.54, 1.807) is 11.4 Å². The maximum atomic E-state index is 12.3. The lowest BCUT2D eigenvalue weighted by atomic mass is 10.1. The van der Waals surface area contributed by atoms with E-state index in [-0.39, 0.29) is 18.2 Å². The summed E-state index contributed by atoms with van der Waals surface area (Å²) in [6.07, 6.45) is 0.0820. The lowest BCUT2D eigenvalue weighted by Crippen LogP contribution is -2.29. The van der Waals surface area contributed by atoms with Crippen LogP contribution in [0, 0.1) is 0 Å². The van der Waals surface area contributed by atoms with Gasteiger partial charge in [0, 0.05) is 11.8 Å². The summed E-state index contributed by atoms with van der Waals surface area (Å²) in [5.74, 6) is -0.995. The number of hydrogen-bond donors (Lipinski definition) is 2. The number of ether oxygens (including phenoxy) is 1. The highest BCUT2D eigenvalue weighted by atomic mass is 32.1. The lowest BCUT2D eigenvalue weighted by molar-refractivity contribution is -0.120. The largest absolute Gasteiger partial charge is 0.465 e. The maximum Gasteiger partial charge on any atom is 0.340 e. The van der Waals surface area contributed by atoms with Gasteiger partial charge in [-0.3, -0.25) is 9.59 Å². The average Bonchev–Trinajstić information content (AvgIpc) is 3.16. The van der Waals surface area contributed by atoms with E-state index in [0.29, 0.717) is 10.6 Å². The summed E-state index contributed by atoms with van der Waals surface area (Å²) in [7, 11) is 1.29. The number of amides is 2. The summed E-state index contributed by atoms with van der Waals surface area (Å²) in [4.78, 5) is 36.1. The quantitative estimate of drug-likeness (QED) is 0.783. The van der Waals surface area contributed by atoms with Crippen molar-refractivity contribution in [2.45, 2.75) is 19.4 Å². The molecule has 0 aliphatic heterocycles. The molecule has 6 nitrogen and oxygen atoms in total. The molecule has 122 valence electrons. The molecule has 0 aliphatic rings. The second kappa shape index (κ2) is 7.89. The number of methoxy groups -OCH3 is 1. The highest BCUT2D eigenvalue weighted by molar-refractivity contribution is 7.14. The molecule has 1 unspecified atom stereocenters. The number of esters is 1. The summed E-state index contributed by atoms with van der Waals surface area (Å²) in [5, 5.41) is 9.49. The topological polar surface area (TPSA) is 84.5 Å². The molecule has 2 aromatic heterocycles. The van der Waals surface area contributed by atoms with Gasteiger partial charge in [-0.1, -0.05) is 6.07 Å². The Kier molecular flexibility index (Phi) is 5.89. The standard InChI is InChI=1S/C15H16N2O4S2/c1-9(18)16-11(12-4-3-6-22-12)8-13(19)17-14-10(5-7-23-14)15(20)21-2/h3-7,11H,8H2,1-2H3,(H,16,18)(H,17,19). The molecule has 2 amide bonds. The third-order valence-corrected chi connectivity index (χ3v) is 4.79. The lowest BCUT2D eigenvalue weighted by Gasteiger charge is -2.16. The molecule has 2 rings (SSSR count). The van der Waals surface area contributed by atoms with Crippen molar-refractivity contribution in [2.75, 3.05) is 12.4 Å². The van der Waals surface area contributed by atoms with Crippen LogP contribution >= 0.6 is 22.7 Å². The van der Waals surface area contributed by atoms with Crippen LogP contribution in [0.15, 0.2) is 29.0 Å². The maximum absolute atomic E-state index is 12.3. The summed E-state index contributed by atoms with van der Waals surface area (Å²) in [6, 6.07) is 4.93. The molecule has 0 aliphatic carbocycles. The smallest absolute Gasteiger partial charge is 0.340 e. The van der Waals surface area contributed by atoms with Crippen molar-refractivity contribution in [3.05, 3.63) is 39.4 Å². The van der Waals surface area contributed by atoms with E-state index in [1.807, 2.05) is 17.5 Å². The third-order valence-electron chi connectivity index (χ3n) is 2.98. The molecule has 2 heterocycles. The Morgan fingerprint density at radius 1 is 1.22 bits per heavy atom. The minimum atomic E-state index is -0.502. The summed E-state index contributed by atoms with van der Waals surface area (Å²) in [6.45, 7) is 1.41. The molecule has 0 spiro atoms. The molecule has 23 heavy (non-hydrogen) atoms. The summed E-state index contributed by atoms with van der Waals surface area (Å²) < 4.78 is 4.67. The van der Waals surface area contributed by atoms with Gasteiger partial charge in [-0.05, 0) is 22.9 Å². The van der Waals surface area contributed by atoms with E-state index in [1.165, 1.54) is 36.7 Å². The Morgan fingerprint density at radius 3 is 2.61 bits per heavy atom. The normalized spacial score (nSPS) is 11.6. The van der Waals surface area contributed by atoms with Gasteiger partial charge in [0.05, 0.1) is 25.1 Å². The minimum Gasteiger partial charge on any atom is -0.465 e. The number of thiophene rings is 2. The van der Waals surface area contributed by atoms with Gasteiger partial charge in [0.1, 0.15) is 5.00 Å². The fourth-order valence-electron chi connectivity index (χ4n) is 2.00. The first kappa shape index (κ1) is 17.2. The van der Waals surface area contributed by atoms with Gasteiger partial charge in [0.15, 0.2) is 0 Å². The van der Waals surface area contributed by atoms with E-state index >= 15 is 0 Å². The van der Waals surface area contributed by atoms with Crippen molar-refractivity contribution in [1.29, 1.82) is 0 Å². The van der Waals surface area contributed by atoms with Gasteiger partial charge in [0.25, 0.3) is 0 Å². The van der Waals surface area contributed by atoms with Crippen LogP contribution in [0.25, 0.3) is 0 Å². The predicted molar refractivity (Wildman–Crippen MR) is 89.8 cm³/mol. The van der Waals surface area contributed by atoms with Gasteiger partial charge in [0.2, 0.25) is 11.8 Å². The Morgan fingerprint density at radius 2 is 2.00 bits per heavy atom. The van der Waals surface area contributed by atoms with Gasteiger partial charge >= 0.3 is 5.97 Å². The Balaban J connectivity index is 2.06. The first-order chi connectivity index (χ1) is 11.0. The fraction of sp³-hybridized carbons (Fsp3) is 0.267. The Labute approximate surface area is 141 Å². The third kappa shape index (κ3) is 4.64. The highest BCUT2D eigenvalue weighted by Crippen LogP contribution is 2.26. The fourth-order valence-corrected chi connectivity index (χ4v) is 3.57. The van der Waals surface area contributed by atoms with Crippen LogP contribution in [-0.2, 0) is 14.3 Å². The molecule has 0 aromatic carbocycles. The molecule has 0 fully saturated rings. The zero-order valence-corrected chi connectivity index (χ0v) is 14.3. The number of hydrogen-bond acceptors (Lipinski definition) is 6. The number of carbonyl (C=O) groups is 3. The van der Waals surface area contributed by atoms with E-state index in [9.17, 15) is 14.4 Å². The molecular formula is C15H16N2O4S2. The molecule has 0 saturated heterocycles. The number of nitrogens with one attached hydrogen (secondary N) is 2. The van der Waals surface area contributed by atoms with Crippen LogP contribution in [0.1, 0.15) is 34.6 Å². The zero-order valence-electron chi connectivity index (χ0n) is 12.6. The number of anilines is 1. The molecule has 0 radical (unpaired) electrons. The first-order valence-corrected chi connectivity index (χ1v) is 8.53. The average molecular weight is 352 g/mol. The van der Waals surface area contributed by atoms with E-state index in [0.717, 1.165) is 4.88 Å². The predicted octanol–water partition coefficient (Wildman–Crippen LogP) is 2.80. The van der Waals surface area contributed by atoms with E-state index in [2.05, 4.69) is 15.4 Å². The molecule has 2 N–H and O–H groups in total. The SMILES string of the molecule is COC(=O)c1ccsc1NC(=O)CC(NC(C)=O)c1cccs1. The van der Waals surface area contributed by atoms with Crippen LogP contribution in [-0.4, -0.2) is 24.9 Å². The van der Waals surface area contributed by atoms with Crippen molar-refractivity contribution < 1.29 is 19.1 Å². The van der Waals surface area contributed by atoms with Gasteiger partial charge in [-0.15, -0.1) is 22.7 Å². The van der Waals surface area contributed by atoms with Crippen LogP contribution in [0.5, 0.6) is 0 Å².